The van der Waals surface area contributed by atoms with Crippen LogP contribution in [0.25, 0.3) is 0 Å². The van der Waals surface area contributed by atoms with Crippen molar-refractivity contribution in [2.75, 3.05) is 13.1 Å². The Balaban J connectivity index is 1.63. The molecule has 1 nitrogen and oxygen atoms in total. The lowest BCUT2D eigenvalue weighted by Crippen LogP contribution is -2.45. The number of hydrogen-bond donors (Lipinski definition) is 0. The zero-order valence-electron chi connectivity index (χ0n) is 15.0. The van der Waals surface area contributed by atoms with Gasteiger partial charge in [-0.2, -0.15) is 0 Å². The molecule has 0 atom stereocenters. The molecule has 0 saturated carbocycles. The van der Waals surface area contributed by atoms with Crippen LogP contribution in [0.15, 0.2) is 54.6 Å². The van der Waals surface area contributed by atoms with Crippen LogP contribution < -0.4 is 0 Å². The van der Waals surface area contributed by atoms with E-state index < -0.39 is 0 Å². The van der Waals surface area contributed by atoms with Crippen LogP contribution in [0.3, 0.4) is 0 Å². The Morgan fingerprint density at radius 3 is 1.88 bits per heavy atom. The summed E-state index contributed by atoms with van der Waals surface area (Å²) in [6, 6.07) is 19.0. The Labute approximate surface area is 146 Å². The maximum atomic E-state index is 3.26. The largest absolute Gasteiger partial charge is 0.298 e. The molecule has 3 rings (SSSR count). The van der Waals surface area contributed by atoms with E-state index in [4.69, 9.17) is 0 Å². The van der Waals surface area contributed by atoms with Gasteiger partial charge < -0.3 is 0 Å². The minimum absolute atomic E-state index is 0.294. The van der Waals surface area contributed by atoms with E-state index in [9.17, 15) is 0 Å². The third kappa shape index (κ3) is 4.28. The standard InChI is InChI=1S/C23H27N/c1-23(2,3)24-17-15-22(16-18-24)21-13-11-20(12-14-21)10-9-19-7-5-4-6-8-19/h4-8,11-14,22H,15-18H2,1-3H3. The molecule has 2 aromatic rings. The predicted molar refractivity (Wildman–Crippen MR) is 102 cm³/mol. The molecule has 0 aliphatic carbocycles. The quantitative estimate of drug-likeness (QED) is 0.664. The lowest BCUT2D eigenvalue weighted by molar-refractivity contribution is 0.102. The number of piperidine rings is 1. The maximum Gasteiger partial charge on any atom is 0.0249 e. The van der Waals surface area contributed by atoms with Gasteiger partial charge in [-0.15, -0.1) is 0 Å². The highest BCUT2D eigenvalue weighted by molar-refractivity contribution is 5.43. The Hall–Kier alpha value is -2.04. The zero-order valence-corrected chi connectivity index (χ0v) is 15.0. The highest BCUT2D eigenvalue weighted by Gasteiger charge is 2.27. The van der Waals surface area contributed by atoms with Gasteiger partial charge in [-0.1, -0.05) is 42.2 Å². The first-order chi connectivity index (χ1) is 11.5. The van der Waals surface area contributed by atoms with Crippen LogP contribution in [0.1, 0.15) is 56.2 Å². The van der Waals surface area contributed by atoms with E-state index in [0.29, 0.717) is 11.5 Å². The maximum absolute atomic E-state index is 3.26. The van der Waals surface area contributed by atoms with Crippen molar-refractivity contribution in [2.24, 2.45) is 0 Å². The van der Waals surface area contributed by atoms with Crippen LogP contribution in [0.4, 0.5) is 0 Å². The molecule has 1 aliphatic heterocycles. The summed E-state index contributed by atoms with van der Waals surface area (Å²) < 4.78 is 0. The first-order valence-corrected chi connectivity index (χ1v) is 8.94. The number of rotatable bonds is 1. The second-order valence-corrected chi connectivity index (χ2v) is 7.67. The highest BCUT2D eigenvalue weighted by atomic mass is 15.2. The second-order valence-electron chi connectivity index (χ2n) is 7.67. The second kappa shape index (κ2) is 7.24. The number of hydrogen-bond acceptors (Lipinski definition) is 1. The van der Waals surface area contributed by atoms with E-state index in [1.54, 1.807) is 0 Å². The minimum atomic E-state index is 0.294. The van der Waals surface area contributed by atoms with E-state index in [0.717, 1.165) is 11.1 Å². The van der Waals surface area contributed by atoms with Gasteiger partial charge >= 0.3 is 0 Å². The zero-order chi connectivity index (χ0) is 17.0. The van der Waals surface area contributed by atoms with Crippen LogP contribution in [-0.2, 0) is 0 Å². The van der Waals surface area contributed by atoms with E-state index in [1.165, 1.54) is 31.5 Å². The Morgan fingerprint density at radius 1 is 0.792 bits per heavy atom. The Morgan fingerprint density at radius 2 is 1.33 bits per heavy atom. The fourth-order valence-electron chi connectivity index (χ4n) is 3.39. The molecule has 0 unspecified atom stereocenters. The molecule has 0 spiro atoms. The summed E-state index contributed by atoms with van der Waals surface area (Å²) in [4.78, 5) is 2.60. The predicted octanol–water partition coefficient (Wildman–Crippen LogP) is 5.06. The molecule has 2 aromatic carbocycles. The fraction of sp³-hybridized carbons (Fsp3) is 0.391. The average molecular weight is 317 g/mol. The summed E-state index contributed by atoms with van der Waals surface area (Å²) in [5.41, 5.74) is 3.92. The first kappa shape index (κ1) is 16.8. The molecule has 0 aromatic heterocycles. The van der Waals surface area contributed by atoms with Crippen LogP contribution in [0, 0.1) is 11.8 Å². The van der Waals surface area contributed by atoms with Crippen molar-refractivity contribution in [3.8, 4) is 11.8 Å². The number of benzene rings is 2. The molecule has 1 aliphatic rings. The van der Waals surface area contributed by atoms with Crippen LogP contribution >= 0.6 is 0 Å². The lowest BCUT2D eigenvalue weighted by atomic mass is 9.87. The molecule has 0 N–H and O–H groups in total. The van der Waals surface area contributed by atoms with Crippen molar-refractivity contribution in [3.63, 3.8) is 0 Å². The van der Waals surface area contributed by atoms with Crippen molar-refractivity contribution in [1.82, 2.24) is 4.90 Å². The van der Waals surface area contributed by atoms with E-state index in [1.807, 2.05) is 30.3 Å². The molecule has 0 radical (unpaired) electrons. The van der Waals surface area contributed by atoms with Crippen LogP contribution in [-0.4, -0.2) is 23.5 Å². The van der Waals surface area contributed by atoms with Gasteiger partial charge in [0.05, 0.1) is 0 Å². The van der Waals surface area contributed by atoms with Gasteiger partial charge in [-0.3, -0.25) is 4.90 Å². The van der Waals surface area contributed by atoms with Gasteiger partial charge in [-0.05, 0) is 82.4 Å². The molecular weight excluding hydrogens is 290 g/mol. The number of likely N-dealkylation sites (tertiary alicyclic amines) is 1. The molecule has 1 fully saturated rings. The SMILES string of the molecule is CC(C)(C)N1CCC(c2ccc(C#Cc3ccccc3)cc2)CC1. The number of nitrogens with zero attached hydrogens (tertiary/aromatic N) is 1. The molecule has 1 heteroatoms. The monoisotopic (exact) mass is 317 g/mol. The van der Waals surface area contributed by atoms with Gasteiger partial charge in [0.15, 0.2) is 0 Å². The summed E-state index contributed by atoms with van der Waals surface area (Å²) >= 11 is 0. The van der Waals surface area contributed by atoms with Crippen molar-refractivity contribution in [3.05, 3.63) is 71.3 Å². The van der Waals surface area contributed by atoms with E-state index in [-0.39, 0.29) is 0 Å². The van der Waals surface area contributed by atoms with Crippen molar-refractivity contribution in [1.29, 1.82) is 0 Å². The topological polar surface area (TPSA) is 3.24 Å². The fourth-order valence-corrected chi connectivity index (χ4v) is 3.39. The lowest BCUT2D eigenvalue weighted by Gasteiger charge is -2.41. The molecule has 0 bridgehead atoms. The van der Waals surface area contributed by atoms with Gasteiger partial charge in [0, 0.05) is 16.7 Å². The van der Waals surface area contributed by atoms with Gasteiger partial charge in [0.25, 0.3) is 0 Å². The summed E-state index contributed by atoms with van der Waals surface area (Å²) in [6.07, 6.45) is 2.51. The third-order valence-corrected chi connectivity index (χ3v) is 4.95. The molecule has 124 valence electrons. The van der Waals surface area contributed by atoms with E-state index >= 15 is 0 Å². The normalized spacial score (nSPS) is 16.5. The third-order valence-electron chi connectivity index (χ3n) is 4.95. The first-order valence-electron chi connectivity index (χ1n) is 8.94. The smallest absolute Gasteiger partial charge is 0.0249 e. The van der Waals surface area contributed by atoms with Gasteiger partial charge in [-0.25, -0.2) is 0 Å². The Kier molecular flexibility index (Phi) is 5.07. The summed E-state index contributed by atoms with van der Waals surface area (Å²) in [7, 11) is 0. The summed E-state index contributed by atoms with van der Waals surface area (Å²) in [6.45, 7) is 9.34. The molecule has 0 amide bonds. The van der Waals surface area contributed by atoms with Crippen LogP contribution in [0.2, 0.25) is 0 Å². The minimum Gasteiger partial charge on any atom is -0.298 e. The molecular formula is C23H27N. The highest BCUT2D eigenvalue weighted by Crippen LogP contribution is 2.31. The van der Waals surface area contributed by atoms with E-state index in [2.05, 4.69) is 61.8 Å². The van der Waals surface area contributed by atoms with Gasteiger partial charge in [0.1, 0.15) is 0 Å². The molecule has 1 heterocycles. The average Bonchev–Trinajstić information content (AvgIpc) is 2.61. The summed E-state index contributed by atoms with van der Waals surface area (Å²) in [5.74, 6) is 7.18. The van der Waals surface area contributed by atoms with Crippen molar-refractivity contribution < 1.29 is 0 Å². The molecule has 24 heavy (non-hydrogen) atoms. The van der Waals surface area contributed by atoms with Crippen molar-refractivity contribution in [2.45, 2.75) is 45.1 Å². The summed E-state index contributed by atoms with van der Waals surface area (Å²) in [5, 5.41) is 0. The Bertz CT molecular complexity index is 703. The van der Waals surface area contributed by atoms with Gasteiger partial charge in [0.2, 0.25) is 0 Å². The van der Waals surface area contributed by atoms with Crippen molar-refractivity contribution >= 4 is 0 Å². The van der Waals surface area contributed by atoms with Crippen LogP contribution in [0.5, 0.6) is 0 Å². The molecule has 1 saturated heterocycles.